The lowest BCUT2D eigenvalue weighted by Gasteiger charge is -2.34. The van der Waals surface area contributed by atoms with Gasteiger partial charge in [-0.3, -0.25) is 4.98 Å². The molecular formula is C46H30N2. The van der Waals surface area contributed by atoms with Crippen molar-refractivity contribution < 1.29 is 0 Å². The van der Waals surface area contributed by atoms with E-state index in [9.17, 15) is 0 Å². The second-order valence-corrected chi connectivity index (χ2v) is 12.7. The standard InChI is InChI=1S/C46H30N2/c1-4-15-31(16-5-1)32-17-14-22-35(29-32)48-42-26-13-11-24-37(42)40-30-47-44-39(45(40)48)28-27-38-36-23-10-12-25-41(36)46(43(38)44,33-18-6-2-7-19-33)34-20-8-3-9-21-34/h1-30H. The van der Waals surface area contributed by atoms with Gasteiger partial charge >= 0.3 is 0 Å². The molecule has 0 saturated heterocycles. The number of benzene rings is 7. The monoisotopic (exact) mass is 610 g/mol. The molecule has 2 heteroatoms. The normalized spacial score (nSPS) is 13.2. The van der Waals surface area contributed by atoms with E-state index in [1.165, 1.54) is 60.9 Å². The van der Waals surface area contributed by atoms with E-state index in [4.69, 9.17) is 4.98 Å². The minimum absolute atomic E-state index is 0.529. The first kappa shape index (κ1) is 26.9. The van der Waals surface area contributed by atoms with Crippen LogP contribution in [0, 0.1) is 0 Å². The van der Waals surface area contributed by atoms with Crippen LogP contribution in [-0.2, 0) is 5.41 Å². The van der Waals surface area contributed by atoms with E-state index in [-0.39, 0.29) is 0 Å². The van der Waals surface area contributed by atoms with Crippen molar-refractivity contribution in [3.8, 4) is 27.9 Å². The minimum atomic E-state index is -0.529. The fraction of sp³-hybridized carbons (Fsp3) is 0.0217. The molecule has 2 aromatic heterocycles. The van der Waals surface area contributed by atoms with E-state index in [1.807, 2.05) is 0 Å². The maximum atomic E-state index is 5.42. The molecule has 0 N–H and O–H groups in total. The second kappa shape index (κ2) is 10.4. The summed E-state index contributed by atoms with van der Waals surface area (Å²) in [5.41, 5.74) is 13.9. The summed E-state index contributed by atoms with van der Waals surface area (Å²) >= 11 is 0. The molecule has 0 spiro atoms. The molecule has 7 aromatic carbocycles. The molecule has 2 nitrogen and oxygen atoms in total. The fourth-order valence-electron chi connectivity index (χ4n) is 8.36. The average Bonchev–Trinajstić information content (AvgIpc) is 3.67. The molecule has 0 amide bonds. The number of nitrogens with zero attached hydrogens (tertiary/aromatic N) is 2. The lowest BCUT2D eigenvalue weighted by Crippen LogP contribution is -2.29. The summed E-state index contributed by atoms with van der Waals surface area (Å²) in [6.07, 6.45) is 2.11. The number of aromatic nitrogens is 2. The summed E-state index contributed by atoms with van der Waals surface area (Å²) in [4.78, 5) is 5.42. The SMILES string of the molecule is c1ccc(-c2cccc(-n3c4ccccc4c4cnc5c6c(ccc5c43)-c3ccccc3C6(c3ccccc3)c3ccccc3)c2)cc1. The van der Waals surface area contributed by atoms with Gasteiger partial charge in [0.2, 0.25) is 0 Å². The molecule has 224 valence electrons. The Morgan fingerprint density at radius 1 is 0.458 bits per heavy atom. The van der Waals surface area contributed by atoms with Gasteiger partial charge in [0.15, 0.2) is 0 Å². The summed E-state index contributed by atoms with van der Waals surface area (Å²) in [6, 6.07) is 63.8. The van der Waals surface area contributed by atoms with Gasteiger partial charge in [-0.2, -0.15) is 0 Å². The molecule has 1 aliphatic rings. The zero-order chi connectivity index (χ0) is 31.7. The van der Waals surface area contributed by atoms with Crippen LogP contribution in [-0.4, -0.2) is 9.55 Å². The van der Waals surface area contributed by atoms with Crippen LogP contribution >= 0.6 is 0 Å². The highest BCUT2D eigenvalue weighted by Crippen LogP contribution is 2.58. The van der Waals surface area contributed by atoms with Gasteiger partial charge in [0.05, 0.1) is 22.0 Å². The summed E-state index contributed by atoms with van der Waals surface area (Å²) in [6.45, 7) is 0. The van der Waals surface area contributed by atoms with E-state index in [0.717, 1.165) is 22.0 Å². The van der Waals surface area contributed by atoms with Crippen LogP contribution in [0.4, 0.5) is 0 Å². The molecule has 48 heavy (non-hydrogen) atoms. The highest BCUT2D eigenvalue weighted by Gasteiger charge is 2.47. The lowest BCUT2D eigenvalue weighted by molar-refractivity contribution is 0.773. The third-order valence-corrected chi connectivity index (χ3v) is 10.3. The zero-order valence-electron chi connectivity index (χ0n) is 26.2. The van der Waals surface area contributed by atoms with Gasteiger partial charge in [-0.15, -0.1) is 0 Å². The Hall–Kier alpha value is -6.25. The second-order valence-electron chi connectivity index (χ2n) is 12.7. The average molecular weight is 611 g/mol. The van der Waals surface area contributed by atoms with Crippen molar-refractivity contribution in [3.63, 3.8) is 0 Å². The van der Waals surface area contributed by atoms with Crippen LogP contribution < -0.4 is 0 Å². The number of fused-ring (bicyclic) bond motifs is 9. The molecule has 0 aliphatic heterocycles. The smallest absolute Gasteiger partial charge is 0.0777 e. The molecule has 10 rings (SSSR count). The zero-order valence-corrected chi connectivity index (χ0v) is 26.2. The van der Waals surface area contributed by atoms with Gasteiger partial charge in [-0.05, 0) is 57.1 Å². The molecule has 0 atom stereocenters. The minimum Gasteiger partial charge on any atom is -0.308 e. The topological polar surface area (TPSA) is 17.8 Å². The quantitative estimate of drug-likeness (QED) is 0.194. The van der Waals surface area contributed by atoms with Crippen LogP contribution in [0.1, 0.15) is 22.3 Å². The van der Waals surface area contributed by atoms with Crippen LogP contribution in [0.5, 0.6) is 0 Å². The number of hydrogen-bond donors (Lipinski definition) is 0. The predicted octanol–water partition coefficient (Wildman–Crippen LogP) is 11.4. The van der Waals surface area contributed by atoms with Crippen molar-refractivity contribution in [2.45, 2.75) is 5.41 Å². The Bertz CT molecular complexity index is 2610. The highest BCUT2D eigenvalue weighted by atomic mass is 15.0. The molecule has 0 saturated carbocycles. The Balaban J connectivity index is 1.36. The molecule has 1 aliphatic carbocycles. The van der Waals surface area contributed by atoms with Crippen LogP contribution in [0.3, 0.4) is 0 Å². The maximum absolute atomic E-state index is 5.42. The van der Waals surface area contributed by atoms with Crippen LogP contribution in [0.2, 0.25) is 0 Å². The summed E-state index contributed by atoms with van der Waals surface area (Å²) in [5, 5.41) is 3.51. The Labute approximate surface area is 279 Å². The summed E-state index contributed by atoms with van der Waals surface area (Å²) in [7, 11) is 0. The van der Waals surface area contributed by atoms with Crippen LogP contribution in [0.25, 0.3) is 60.6 Å². The third kappa shape index (κ3) is 3.66. The van der Waals surface area contributed by atoms with E-state index in [0.29, 0.717) is 0 Å². The van der Waals surface area contributed by atoms with E-state index >= 15 is 0 Å². The van der Waals surface area contributed by atoms with Gasteiger partial charge < -0.3 is 4.57 Å². The Morgan fingerprint density at radius 3 is 1.88 bits per heavy atom. The Kier molecular flexibility index (Phi) is 5.82. The van der Waals surface area contributed by atoms with Crippen molar-refractivity contribution in [3.05, 3.63) is 204 Å². The van der Waals surface area contributed by atoms with Gasteiger partial charge in [-0.25, -0.2) is 0 Å². The van der Waals surface area contributed by atoms with Gasteiger partial charge in [0.25, 0.3) is 0 Å². The highest BCUT2D eigenvalue weighted by molar-refractivity contribution is 6.19. The van der Waals surface area contributed by atoms with Crippen molar-refractivity contribution in [1.29, 1.82) is 0 Å². The molecule has 0 bridgehead atoms. The fourth-order valence-corrected chi connectivity index (χ4v) is 8.36. The predicted molar refractivity (Wildman–Crippen MR) is 199 cm³/mol. The summed E-state index contributed by atoms with van der Waals surface area (Å²) < 4.78 is 2.45. The molecular weight excluding hydrogens is 581 g/mol. The van der Waals surface area contributed by atoms with Crippen molar-refractivity contribution in [1.82, 2.24) is 9.55 Å². The van der Waals surface area contributed by atoms with Crippen molar-refractivity contribution in [2.75, 3.05) is 0 Å². The largest absolute Gasteiger partial charge is 0.308 e. The molecule has 0 radical (unpaired) electrons. The molecule has 0 fully saturated rings. The molecule has 0 unspecified atom stereocenters. The molecule has 2 heterocycles. The number of rotatable bonds is 4. The number of hydrogen-bond acceptors (Lipinski definition) is 1. The molecule has 9 aromatic rings. The summed E-state index contributed by atoms with van der Waals surface area (Å²) in [5.74, 6) is 0. The van der Waals surface area contributed by atoms with Crippen molar-refractivity contribution in [2.24, 2.45) is 0 Å². The van der Waals surface area contributed by atoms with E-state index < -0.39 is 5.41 Å². The first-order valence-corrected chi connectivity index (χ1v) is 16.6. The van der Waals surface area contributed by atoms with E-state index in [1.54, 1.807) is 0 Å². The maximum Gasteiger partial charge on any atom is 0.0777 e. The van der Waals surface area contributed by atoms with E-state index in [2.05, 4.69) is 187 Å². The lowest BCUT2D eigenvalue weighted by atomic mass is 9.67. The first-order valence-electron chi connectivity index (χ1n) is 16.6. The van der Waals surface area contributed by atoms with Gasteiger partial charge in [0, 0.05) is 33.6 Å². The first-order chi connectivity index (χ1) is 23.8. The number of pyridine rings is 1. The van der Waals surface area contributed by atoms with Crippen LogP contribution in [0.15, 0.2) is 182 Å². The van der Waals surface area contributed by atoms with Gasteiger partial charge in [0.1, 0.15) is 0 Å². The van der Waals surface area contributed by atoms with Gasteiger partial charge in [-0.1, -0.05) is 158 Å². The Morgan fingerprint density at radius 2 is 1.10 bits per heavy atom. The third-order valence-electron chi connectivity index (χ3n) is 10.3. The van der Waals surface area contributed by atoms with Crippen molar-refractivity contribution >= 4 is 32.7 Å². The number of para-hydroxylation sites is 1.